The predicted molar refractivity (Wildman–Crippen MR) is 130 cm³/mol. The summed E-state index contributed by atoms with van der Waals surface area (Å²) in [7, 11) is 1.72. The number of primary amides is 1. The number of carbonyl (C=O) groups is 1. The van der Waals surface area contributed by atoms with Gasteiger partial charge in [-0.05, 0) is 31.0 Å². The SMILES string of the molecule is CN=C(NCc1ccccc1Oc1ccccc1F)NC1CCN(CC(N)=O)CC1.I. The van der Waals surface area contributed by atoms with Crippen molar-refractivity contribution >= 4 is 35.8 Å². The van der Waals surface area contributed by atoms with Crippen molar-refractivity contribution in [3.05, 3.63) is 59.9 Å². The van der Waals surface area contributed by atoms with E-state index in [-0.39, 0.29) is 41.7 Å². The lowest BCUT2D eigenvalue weighted by atomic mass is 10.1. The Hall–Kier alpha value is -2.40. The number of piperidine rings is 1. The largest absolute Gasteiger partial charge is 0.454 e. The van der Waals surface area contributed by atoms with Gasteiger partial charge in [0.25, 0.3) is 0 Å². The molecule has 1 fully saturated rings. The first-order valence-corrected chi connectivity index (χ1v) is 10.0. The smallest absolute Gasteiger partial charge is 0.231 e. The van der Waals surface area contributed by atoms with E-state index in [0.717, 1.165) is 31.5 Å². The molecule has 0 bridgehead atoms. The summed E-state index contributed by atoms with van der Waals surface area (Å²) in [4.78, 5) is 17.4. The molecular formula is C22H29FIN5O2. The number of hydrogen-bond donors (Lipinski definition) is 3. The molecule has 1 aliphatic heterocycles. The lowest BCUT2D eigenvalue weighted by molar-refractivity contribution is -0.119. The van der Waals surface area contributed by atoms with E-state index in [1.807, 2.05) is 24.3 Å². The third kappa shape index (κ3) is 7.66. The van der Waals surface area contributed by atoms with Gasteiger partial charge in [0.2, 0.25) is 5.91 Å². The van der Waals surface area contributed by atoms with E-state index in [2.05, 4.69) is 20.5 Å². The standard InChI is InChI=1S/C22H28FN5O2.HI/c1-25-22(27-17-10-12-28(13-11-17)15-21(24)29)26-14-16-6-2-4-8-19(16)30-20-9-5-3-7-18(20)23;/h2-9,17H,10-15H2,1H3,(H2,24,29)(H2,25,26,27);1H. The van der Waals surface area contributed by atoms with Gasteiger partial charge >= 0.3 is 0 Å². The van der Waals surface area contributed by atoms with Crippen molar-refractivity contribution in [2.45, 2.75) is 25.4 Å². The van der Waals surface area contributed by atoms with Crippen molar-refractivity contribution in [3.63, 3.8) is 0 Å². The van der Waals surface area contributed by atoms with Crippen molar-refractivity contribution in [3.8, 4) is 11.5 Å². The first kappa shape index (κ1) is 24.9. The first-order valence-electron chi connectivity index (χ1n) is 10.0. The van der Waals surface area contributed by atoms with Crippen LogP contribution >= 0.6 is 24.0 Å². The molecule has 2 aromatic carbocycles. The maximum Gasteiger partial charge on any atom is 0.231 e. The third-order valence-corrected chi connectivity index (χ3v) is 5.01. The van der Waals surface area contributed by atoms with Crippen molar-refractivity contribution in [2.24, 2.45) is 10.7 Å². The fourth-order valence-electron chi connectivity index (χ4n) is 3.42. The molecule has 1 saturated heterocycles. The molecule has 4 N–H and O–H groups in total. The van der Waals surface area contributed by atoms with Crippen LogP contribution in [0.15, 0.2) is 53.5 Å². The number of nitrogens with two attached hydrogens (primary N) is 1. The number of amides is 1. The molecule has 0 radical (unpaired) electrons. The summed E-state index contributed by atoms with van der Waals surface area (Å²) in [5.74, 6) is 0.764. The molecule has 31 heavy (non-hydrogen) atoms. The fraction of sp³-hybridized carbons (Fsp3) is 0.364. The number of carbonyl (C=O) groups excluding carboxylic acids is 1. The lowest BCUT2D eigenvalue weighted by Gasteiger charge is -2.32. The van der Waals surface area contributed by atoms with Crippen molar-refractivity contribution in [1.82, 2.24) is 15.5 Å². The maximum atomic E-state index is 13.9. The zero-order valence-electron chi connectivity index (χ0n) is 17.5. The Morgan fingerprint density at radius 2 is 1.81 bits per heavy atom. The maximum absolute atomic E-state index is 13.9. The van der Waals surface area contributed by atoms with Crippen LogP contribution in [-0.2, 0) is 11.3 Å². The van der Waals surface area contributed by atoms with Gasteiger partial charge in [-0.2, -0.15) is 0 Å². The normalized spacial score (nSPS) is 15.1. The molecule has 1 aliphatic rings. The van der Waals surface area contributed by atoms with Gasteiger partial charge in [-0.3, -0.25) is 14.7 Å². The molecule has 7 nitrogen and oxygen atoms in total. The number of likely N-dealkylation sites (tertiary alicyclic amines) is 1. The Bertz CT molecular complexity index is 888. The van der Waals surface area contributed by atoms with E-state index < -0.39 is 5.82 Å². The summed E-state index contributed by atoms with van der Waals surface area (Å²) in [5, 5.41) is 6.72. The van der Waals surface area contributed by atoms with Gasteiger partial charge in [0.05, 0.1) is 6.54 Å². The minimum Gasteiger partial charge on any atom is -0.454 e. The summed E-state index contributed by atoms with van der Waals surface area (Å²) < 4.78 is 19.7. The topological polar surface area (TPSA) is 92.0 Å². The highest BCUT2D eigenvalue weighted by atomic mass is 127. The molecule has 0 unspecified atom stereocenters. The fourth-order valence-corrected chi connectivity index (χ4v) is 3.42. The Morgan fingerprint density at radius 1 is 1.16 bits per heavy atom. The van der Waals surface area contributed by atoms with Gasteiger partial charge in [0, 0.05) is 38.3 Å². The van der Waals surface area contributed by atoms with Crippen LogP contribution in [0.25, 0.3) is 0 Å². The van der Waals surface area contributed by atoms with Crippen molar-refractivity contribution in [2.75, 3.05) is 26.7 Å². The molecule has 0 aromatic heterocycles. The van der Waals surface area contributed by atoms with Gasteiger partial charge in [-0.25, -0.2) is 4.39 Å². The molecule has 2 aromatic rings. The molecule has 1 heterocycles. The Balaban J connectivity index is 0.00000341. The summed E-state index contributed by atoms with van der Waals surface area (Å²) in [6.45, 7) is 2.41. The zero-order chi connectivity index (χ0) is 21.3. The van der Waals surface area contributed by atoms with Crippen LogP contribution in [0.2, 0.25) is 0 Å². The van der Waals surface area contributed by atoms with E-state index in [0.29, 0.717) is 24.8 Å². The van der Waals surface area contributed by atoms with Gasteiger partial charge < -0.3 is 21.1 Å². The van der Waals surface area contributed by atoms with Gasteiger partial charge in [-0.15, -0.1) is 24.0 Å². The summed E-state index contributed by atoms with van der Waals surface area (Å²) in [5.41, 5.74) is 6.16. The number of nitrogens with zero attached hydrogens (tertiary/aromatic N) is 2. The Kier molecular flexibility index (Phi) is 9.99. The van der Waals surface area contributed by atoms with E-state index in [1.165, 1.54) is 6.07 Å². The number of hydrogen-bond acceptors (Lipinski definition) is 4. The molecule has 0 atom stereocenters. The number of aliphatic imine (C=N–C) groups is 1. The minimum absolute atomic E-state index is 0. The van der Waals surface area contributed by atoms with Crippen LogP contribution in [0.4, 0.5) is 4.39 Å². The summed E-state index contributed by atoms with van der Waals surface area (Å²) in [6, 6.07) is 14.1. The first-order chi connectivity index (χ1) is 14.5. The van der Waals surface area contributed by atoms with Crippen molar-refractivity contribution in [1.29, 1.82) is 0 Å². The van der Waals surface area contributed by atoms with Gasteiger partial charge in [0.1, 0.15) is 5.75 Å². The van der Waals surface area contributed by atoms with Crippen LogP contribution in [0.5, 0.6) is 11.5 Å². The predicted octanol–water partition coefficient (Wildman–Crippen LogP) is 2.85. The zero-order valence-corrected chi connectivity index (χ0v) is 19.8. The van der Waals surface area contributed by atoms with E-state index >= 15 is 0 Å². The molecule has 3 rings (SSSR count). The molecular weight excluding hydrogens is 512 g/mol. The Labute approximate surface area is 199 Å². The Morgan fingerprint density at radius 3 is 2.45 bits per heavy atom. The molecule has 168 valence electrons. The number of nitrogens with one attached hydrogen (secondary N) is 2. The number of ether oxygens (including phenoxy) is 1. The molecule has 0 spiro atoms. The molecule has 1 amide bonds. The summed E-state index contributed by atoms with van der Waals surface area (Å²) in [6.07, 6.45) is 1.81. The number of guanidine groups is 1. The van der Waals surface area contributed by atoms with E-state index in [1.54, 1.807) is 25.2 Å². The van der Waals surface area contributed by atoms with E-state index in [4.69, 9.17) is 10.5 Å². The second-order valence-electron chi connectivity index (χ2n) is 7.23. The highest BCUT2D eigenvalue weighted by Crippen LogP contribution is 2.27. The average molecular weight is 541 g/mol. The lowest BCUT2D eigenvalue weighted by Crippen LogP contribution is -2.49. The van der Waals surface area contributed by atoms with Crippen molar-refractivity contribution < 1.29 is 13.9 Å². The molecule has 9 heteroatoms. The average Bonchev–Trinajstić information content (AvgIpc) is 2.74. The summed E-state index contributed by atoms with van der Waals surface area (Å²) >= 11 is 0. The van der Waals surface area contributed by atoms with Crippen LogP contribution in [0, 0.1) is 5.82 Å². The molecule has 0 saturated carbocycles. The van der Waals surface area contributed by atoms with Crippen LogP contribution in [0.3, 0.4) is 0 Å². The number of halogens is 2. The van der Waals surface area contributed by atoms with Gasteiger partial charge in [0.15, 0.2) is 17.5 Å². The third-order valence-electron chi connectivity index (χ3n) is 5.01. The second kappa shape index (κ2) is 12.5. The second-order valence-corrected chi connectivity index (χ2v) is 7.23. The van der Waals surface area contributed by atoms with Crippen LogP contribution < -0.4 is 21.1 Å². The highest BCUT2D eigenvalue weighted by Gasteiger charge is 2.21. The number of benzene rings is 2. The number of para-hydroxylation sites is 2. The number of rotatable bonds is 7. The van der Waals surface area contributed by atoms with Crippen LogP contribution in [0.1, 0.15) is 18.4 Å². The minimum atomic E-state index is -0.402. The van der Waals surface area contributed by atoms with Gasteiger partial charge in [-0.1, -0.05) is 30.3 Å². The quantitative estimate of drug-likeness (QED) is 0.285. The highest BCUT2D eigenvalue weighted by molar-refractivity contribution is 14.0. The van der Waals surface area contributed by atoms with Crippen LogP contribution in [-0.4, -0.2) is 49.5 Å². The monoisotopic (exact) mass is 541 g/mol. The van der Waals surface area contributed by atoms with E-state index in [9.17, 15) is 9.18 Å². The molecule has 0 aliphatic carbocycles.